The lowest BCUT2D eigenvalue weighted by molar-refractivity contribution is -0.136. The molecule has 0 bridgehead atoms. The van der Waals surface area contributed by atoms with Gasteiger partial charge in [-0.05, 0) is 31.9 Å². The van der Waals surface area contributed by atoms with Gasteiger partial charge in [-0.2, -0.15) is 13.2 Å². The summed E-state index contributed by atoms with van der Waals surface area (Å²) in [5, 5.41) is -0.255. The summed E-state index contributed by atoms with van der Waals surface area (Å²) in [6, 6.07) is 2.00. The zero-order chi connectivity index (χ0) is 25.1. The molecule has 3 aromatic rings. The second-order valence-electron chi connectivity index (χ2n) is 8.35. The molecule has 2 saturated heterocycles. The van der Waals surface area contributed by atoms with Crippen molar-refractivity contribution in [1.82, 2.24) is 19.2 Å². The van der Waals surface area contributed by atoms with Crippen molar-refractivity contribution >= 4 is 35.2 Å². The van der Waals surface area contributed by atoms with Crippen LogP contribution in [0.15, 0.2) is 35.3 Å². The summed E-state index contributed by atoms with van der Waals surface area (Å²) >= 11 is 6.36. The van der Waals surface area contributed by atoms with Crippen LogP contribution in [0.1, 0.15) is 43.2 Å². The summed E-state index contributed by atoms with van der Waals surface area (Å²) in [4.78, 5) is 43.8. The summed E-state index contributed by atoms with van der Waals surface area (Å²) < 4.78 is 52.4. The minimum atomic E-state index is -4.75. The number of nitrogens with zero attached hydrogens (tertiary/aromatic N) is 4. The summed E-state index contributed by atoms with van der Waals surface area (Å²) in [7, 11) is 0. The molecule has 0 aliphatic carbocycles. The molecular formula is C23H22ClF3N4O5. The number of imidazole rings is 1. The molecular weight excluding hydrogens is 505 g/mol. The summed E-state index contributed by atoms with van der Waals surface area (Å²) in [6.45, 7) is 1.80. The molecule has 3 aromatic heterocycles. The van der Waals surface area contributed by atoms with Crippen LogP contribution in [0.3, 0.4) is 0 Å². The highest BCUT2D eigenvalue weighted by molar-refractivity contribution is 6.33. The third-order valence-electron chi connectivity index (χ3n) is 6.20. The predicted octanol–water partition coefficient (Wildman–Crippen LogP) is 4.87. The van der Waals surface area contributed by atoms with Crippen LogP contribution in [0.4, 0.5) is 18.0 Å². The summed E-state index contributed by atoms with van der Waals surface area (Å²) in [5.41, 5.74) is -1.26. The Bertz CT molecular complexity index is 1330. The predicted molar refractivity (Wildman–Crippen MR) is 121 cm³/mol. The minimum absolute atomic E-state index is 0. The number of hydrogen-bond donors (Lipinski definition) is 0. The average Bonchev–Trinajstić information content (AvgIpc) is 3.52. The number of cyclic esters (lactones) is 1. The maximum absolute atomic E-state index is 13.8. The molecule has 3 amide bonds. The van der Waals surface area contributed by atoms with Crippen molar-refractivity contribution in [3.05, 3.63) is 47.3 Å². The number of hydrogen-bond acceptors (Lipinski definition) is 6. The molecule has 0 saturated carbocycles. The molecule has 9 nitrogen and oxygen atoms in total. The van der Waals surface area contributed by atoms with Crippen molar-refractivity contribution in [3.8, 4) is 11.1 Å². The first-order chi connectivity index (χ1) is 16.6. The van der Waals surface area contributed by atoms with Crippen LogP contribution in [-0.2, 0) is 15.7 Å². The van der Waals surface area contributed by atoms with Gasteiger partial charge in [-0.15, -0.1) is 0 Å². The Labute approximate surface area is 208 Å². The second kappa shape index (κ2) is 9.16. The first kappa shape index (κ1) is 25.5. The van der Waals surface area contributed by atoms with Gasteiger partial charge in [0.15, 0.2) is 17.4 Å². The topological polar surface area (TPSA) is 97.4 Å². The van der Waals surface area contributed by atoms with Gasteiger partial charge < -0.3 is 14.1 Å². The van der Waals surface area contributed by atoms with E-state index in [2.05, 4.69) is 4.98 Å². The highest BCUT2D eigenvalue weighted by Crippen LogP contribution is 2.37. The molecule has 36 heavy (non-hydrogen) atoms. The van der Waals surface area contributed by atoms with Crippen molar-refractivity contribution < 1.29 is 36.7 Å². The van der Waals surface area contributed by atoms with Crippen molar-refractivity contribution in [3.63, 3.8) is 0 Å². The van der Waals surface area contributed by atoms with E-state index in [-0.39, 0.29) is 36.9 Å². The molecule has 0 N–H and O–H groups in total. The largest absolute Gasteiger partial charge is 0.472 e. The number of imide groups is 1. The van der Waals surface area contributed by atoms with Gasteiger partial charge >= 0.3 is 12.3 Å². The van der Waals surface area contributed by atoms with Gasteiger partial charge in [0, 0.05) is 36.5 Å². The Morgan fingerprint density at radius 1 is 1.19 bits per heavy atom. The zero-order valence-corrected chi connectivity index (χ0v) is 19.0. The molecule has 2 aliphatic heterocycles. The van der Waals surface area contributed by atoms with E-state index in [4.69, 9.17) is 20.8 Å². The van der Waals surface area contributed by atoms with Crippen molar-refractivity contribution in [2.75, 3.05) is 13.1 Å². The fourth-order valence-corrected chi connectivity index (χ4v) is 4.65. The molecule has 13 heteroatoms. The fraction of sp³-hybridized carbons (Fsp3) is 0.391. The van der Waals surface area contributed by atoms with E-state index >= 15 is 0 Å². The van der Waals surface area contributed by atoms with Crippen molar-refractivity contribution in [1.29, 1.82) is 0 Å². The van der Waals surface area contributed by atoms with Gasteiger partial charge in [0.1, 0.15) is 5.15 Å². The number of furan rings is 1. The molecule has 0 spiro atoms. The van der Waals surface area contributed by atoms with Crippen LogP contribution in [-0.4, -0.2) is 62.3 Å². The molecule has 0 aromatic carbocycles. The fourth-order valence-electron chi connectivity index (χ4n) is 4.40. The van der Waals surface area contributed by atoms with Crippen LogP contribution >= 0.6 is 11.6 Å². The number of ether oxygens (including phenoxy) is 1. The van der Waals surface area contributed by atoms with E-state index in [1.54, 1.807) is 0 Å². The first-order valence-corrected chi connectivity index (χ1v) is 11.1. The lowest BCUT2D eigenvalue weighted by atomic mass is 10.0. The minimum Gasteiger partial charge on any atom is -0.472 e. The van der Waals surface area contributed by atoms with Crippen LogP contribution in [0.5, 0.6) is 0 Å². The smallest absolute Gasteiger partial charge is 0.420 e. The zero-order valence-electron chi connectivity index (χ0n) is 18.2. The highest BCUT2D eigenvalue weighted by Gasteiger charge is 2.43. The molecule has 5 heterocycles. The van der Waals surface area contributed by atoms with E-state index in [1.807, 2.05) is 0 Å². The maximum Gasteiger partial charge on any atom is 0.420 e. The van der Waals surface area contributed by atoms with E-state index in [1.165, 1.54) is 36.6 Å². The van der Waals surface area contributed by atoms with Crippen LogP contribution in [0, 0.1) is 0 Å². The first-order valence-electron chi connectivity index (χ1n) is 10.7. The Morgan fingerprint density at radius 3 is 2.44 bits per heavy atom. The average molecular weight is 527 g/mol. The molecule has 5 rings (SSSR count). The normalized spacial score (nSPS) is 19.1. The molecule has 2 fully saturated rings. The SMILES string of the molecule is C.C[C@@H]1OC(=O)N(C2CCN(C(=O)c3nc4c(C(F)(F)F)cc(-c5ccoc5)cn4c3Cl)CC2)C1=O. The Morgan fingerprint density at radius 2 is 1.89 bits per heavy atom. The van der Waals surface area contributed by atoms with Crippen molar-refractivity contribution in [2.24, 2.45) is 0 Å². The van der Waals surface area contributed by atoms with E-state index in [9.17, 15) is 27.6 Å². The number of rotatable bonds is 3. The van der Waals surface area contributed by atoms with Gasteiger partial charge in [0.2, 0.25) is 0 Å². The number of alkyl halides is 3. The van der Waals surface area contributed by atoms with Gasteiger partial charge in [-0.1, -0.05) is 19.0 Å². The standard InChI is InChI=1S/C22H18ClF3N4O5.CH4/c1-11-19(31)30(21(33)35-11)14-2-5-28(6-3-14)20(32)16-17(23)29-9-13(12-4-7-34-10-12)8-15(18(29)27-16)22(24,25)26;/h4,7-11,14H,2-3,5-6H2,1H3;1H4/t11-;/m0./s1. The van der Waals surface area contributed by atoms with E-state index in [0.717, 1.165) is 15.4 Å². The number of carbonyl (C=O) groups is 3. The molecule has 192 valence electrons. The van der Waals surface area contributed by atoms with Gasteiger partial charge in [-0.25, -0.2) is 14.7 Å². The van der Waals surface area contributed by atoms with Gasteiger partial charge in [0.25, 0.3) is 11.8 Å². The number of fused-ring (bicyclic) bond motifs is 1. The lowest BCUT2D eigenvalue weighted by Crippen LogP contribution is -2.49. The Kier molecular flexibility index (Phi) is 6.50. The molecule has 1 atom stereocenters. The van der Waals surface area contributed by atoms with Gasteiger partial charge in [0.05, 0.1) is 18.1 Å². The highest BCUT2D eigenvalue weighted by atomic mass is 35.5. The number of halogens is 4. The third-order valence-corrected chi connectivity index (χ3v) is 6.56. The van der Waals surface area contributed by atoms with E-state index in [0.29, 0.717) is 18.4 Å². The van der Waals surface area contributed by atoms with Crippen LogP contribution < -0.4 is 0 Å². The molecule has 0 radical (unpaired) electrons. The van der Waals surface area contributed by atoms with Crippen LogP contribution in [0.25, 0.3) is 16.8 Å². The number of piperidine rings is 1. The van der Waals surface area contributed by atoms with Gasteiger partial charge in [-0.3, -0.25) is 14.0 Å². The maximum atomic E-state index is 13.8. The number of carbonyl (C=O) groups excluding carboxylic acids is 3. The van der Waals surface area contributed by atoms with Crippen molar-refractivity contribution in [2.45, 2.75) is 45.5 Å². The monoisotopic (exact) mass is 526 g/mol. The summed E-state index contributed by atoms with van der Waals surface area (Å²) in [5.74, 6) is -1.07. The number of amides is 3. The second-order valence-corrected chi connectivity index (χ2v) is 8.71. The number of pyridine rings is 1. The Hall–Kier alpha value is -3.54. The molecule has 0 unspecified atom stereocenters. The Balaban J connectivity index is 0.00000304. The molecule has 2 aliphatic rings. The lowest BCUT2D eigenvalue weighted by Gasteiger charge is -2.34. The quantitative estimate of drug-likeness (QED) is 0.483. The van der Waals surface area contributed by atoms with E-state index < -0.39 is 47.4 Å². The summed E-state index contributed by atoms with van der Waals surface area (Å²) in [6.07, 6.45) is -1.74. The number of aromatic nitrogens is 2. The third kappa shape index (κ3) is 4.19. The number of likely N-dealkylation sites (tertiary alicyclic amines) is 1. The van der Waals surface area contributed by atoms with Crippen LogP contribution in [0.2, 0.25) is 5.15 Å².